The van der Waals surface area contributed by atoms with Gasteiger partial charge in [-0.25, -0.2) is 0 Å². The smallest absolute Gasteiger partial charge is 0.401 e. The third-order valence-corrected chi connectivity index (χ3v) is 4.19. The van der Waals surface area contributed by atoms with Crippen LogP contribution in [0.5, 0.6) is 5.75 Å². The Morgan fingerprint density at radius 3 is 2.48 bits per heavy atom. The van der Waals surface area contributed by atoms with E-state index in [1.807, 2.05) is 0 Å². The molecule has 0 atom stereocenters. The van der Waals surface area contributed by atoms with Gasteiger partial charge in [-0.2, -0.15) is 13.2 Å². The van der Waals surface area contributed by atoms with Crippen LogP contribution in [-0.4, -0.2) is 61.9 Å². The highest BCUT2D eigenvalue weighted by Crippen LogP contribution is 2.27. The van der Waals surface area contributed by atoms with E-state index in [-0.39, 0.29) is 0 Å². The molecule has 2 rings (SSSR count). The van der Waals surface area contributed by atoms with Crippen LogP contribution >= 0.6 is 23.2 Å². The van der Waals surface area contributed by atoms with Gasteiger partial charge in [-0.05, 0) is 31.6 Å². The number of alkyl halides is 3. The van der Waals surface area contributed by atoms with Crippen LogP contribution in [0, 0.1) is 0 Å². The highest BCUT2D eigenvalue weighted by molar-refractivity contribution is 6.34. The van der Waals surface area contributed by atoms with Crippen molar-refractivity contribution in [3.8, 4) is 5.75 Å². The van der Waals surface area contributed by atoms with Crippen LogP contribution in [0.3, 0.4) is 0 Å². The third kappa shape index (κ3) is 6.75. The minimum atomic E-state index is -4.14. The molecule has 1 saturated heterocycles. The van der Waals surface area contributed by atoms with Gasteiger partial charge in [0.2, 0.25) is 0 Å². The largest absolute Gasteiger partial charge is 0.491 e. The van der Waals surface area contributed by atoms with E-state index >= 15 is 0 Å². The van der Waals surface area contributed by atoms with Gasteiger partial charge < -0.3 is 4.74 Å². The van der Waals surface area contributed by atoms with Crippen LogP contribution in [0.25, 0.3) is 0 Å². The van der Waals surface area contributed by atoms with Crippen molar-refractivity contribution in [3.05, 3.63) is 28.2 Å². The summed E-state index contributed by atoms with van der Waals surface area (Å²) in [6.45, 7) is 2.47. The Bertz CT molecular complexity index is 514. The van der Waals surface area contributed by atoms with E-state index in [0.29, 0.717) is 55.0 Å². The first-order valence-corrected chi connectivity index (χ1v) is 8.18. The zero-order valence-corrected chi connectivity index (χ0v) is 14.1. The molecule has 0 radical (unpaired) electrons. The van der Waals surface area contributed by atoms with Crippen molar-refractivity contribution < 1.29 is 17.9 Å². The van der Waals surface area contributed by atoms with E-state index in [9.17, 15) is 13.2 Å². The Kier molecular flexibility index (Phi) is 6.83. The maximum atomic E-state index is 12.4. The number of benzene rings is 1. The average molecular weight is 371 g/mol. The van der Waals surface area contributed by atoms with E-state index in [4.69, 9.17) is 27.9 Å². The van der Waals surface area contributed by atoms with Gasteiger partial charge in [0.05, 0.1) is 11.6 Å². The molecule has 1 aromatic carbocycles. The second-order valence-corrected chi connectivity index (χ2v) is 6.35. The van der Waals surface area contributed by atoms with Crippen LogP contribution in [0.2, 0.25) is 10.0 Å². The number of halogens is 5. The van der Waals surface area contributed by atoms with Gasteiger partial charge in [-0.15, -0.1) is 0 Å². The Morgan fingerprint density at radius 2 is 1.74 bits per heavy atom. The molecule has 3 nitrogen and oxygen atoms in total. The summed E-state index contributed by atoms with van der Waals surface area (Å²) >= 11 is 11.9. The fraction of sp³-hybridized carbons (Fsp3) is 0.600. The number of hydrogen-bond acceptors (Lipinski definition) is 3. The van der Waals surface area contributed by atoms with Crippen LogP contribution in [0.15, 0.2) is 18.2 Å². The molecule has 0 aliphatic carbocycles. The van der Waals surface area contributed by atoms with E-state index in [1.165, 1.54) is 4.90 Å². The van der Waals surface area contributed by atoms with E-state index in [2.05, 4.69) is 4.90 Å². The van der Waals surface area contributed by atoms with E-state index < -0.39 is 12.7 Å². The lowest BCUT2D eigenvalue weighted by molar-refractivity contribution is -0.145. The lowest BCUT2D eigenvalue weighted by Crippen LogP contribution is -2.37. The molecule has 0 saturated carbocycles. The van der Waals surface area contributed by atoms with Crippen molar-refractivity contribution in [2.75, 3.05) is 45.9 Å². The van der Waals surface area contributed by atoms with Gasteiger partial charge in [0.25, 0.3) is 0 Å². The molecule has 0 N–H and O–H groups in total. The van der Waals surface area contributed by atoms with Crippen LogP contribution in [0.4, 0.5) is 13.2 Å². The molecule has 23 heavy (non-hydrogen) atoms. The Balaban J connectivity index is 1.75. The topological polar surface area (TPSA) is 15.7 Å². The van der Waals surface area contributed by atoms with Crippen molar-refractivity contribution in [1.82, 2.24) is 9.80 Å². The Morgan fingerprint density at radius 1 is 1.04 bits per heavy atom. The van der Waals surface area contributed by atoms with Gasteiger partial charge in [-0.3, -0.25) is 9.80 Å². The molecule has 1 aromatic rings. The summed E-state index contributed by atoms with van der Waals surface area (Å²) in [7, 11) is 0. The zero-order chi connectivity index (χ0) is 16.9. The van der Waals surface area contributed by atoms with Crippen molar-refractivity contribution in [2.45, 2.75) is 12.6 Å². The summed E-state index contributed by atoms with van der Waals surface area (Å²) in [5.41, 5.74) is 0. The first-order valence-electron chi connectivity index (χ1n) is 7.43. The summed E-state index contributed by atoms with van der Waals surface area (Å²) in [6.07, 6.45) is -3.42. The second kappa shape index (κ2) is 8.42. The molecule has 0 unspecified atom stereocenters. The molecular weight excluding hydrogens is 352 g/mol. The minimum Gasteiger partial charge on any atom is -0.491 e. The zero-order valence-electron chi connectivity index (χ0n) is 12.6. The molecule has 0 amide bonds. The Labute approximate surface area is 143 Å². The maximum Gasteiger partial charge on any atom is 0.401 e. The molecule has 0 bridgehead atoms. The molecule has 0 aromatic heterocycles. The summed E-state index contributed by atoms with van der Waals surface area (Å²) in [5, 5.41) is 1.03. The molecular formula is C15H19Cl2F3N2O. The van der Waals surface area contributed by atoms with Crippen molar-refractivity contribution >= 4 is 23.2 Å². The summed E-state index contributed by atoms with van der Waals surface area (Å²) in [4.78, 5) is 3.56. The number of ether oxygens (including phenoxy) is 1. The molecule has 1 heterocycles. The van der Waals surface area contributed by atoms with Gasteiger partial charge in [-0.1, -0.05) is 23.2 Å². The van der Waals surface area contributed by atoms with Crippen LogP contribution in [-0.2, 0) is 0 Å². The van der Waals surface area contributed by atoms with Gasteiger partial charge in [0.15, 0.2) is 0 Å². The fourth-order valence-corrected chi connectivity index (χ4v) is 2.87. The molecule has 8 heteroatoms. The maximum absolute atomic E-state index is 12.4. The predicted molar refractivity (Wildman–Crippen MR) is 85.5 cm³/mol. The third-order valence-electron chi connectivity index (χ3n) is 3.64. The van der Waals surface area contributed by atoms with Gasteiger partial charge in [0.1, 0.15) is 12.4 Å². The molecule has 0 spiro atoms. The normalized spacial score (nSPS) is 18.0. The summed E-state index contributed by atoms with van der Waals surface area (Å²) in [5.74, 6) is 0.521. The highest BCUT2D eigenvalue weighted by Gasteiger charge is 2.31. The number of hydrogen-bond donors (Lipinski definition) is 0. The first-order chi connectivity index (χ1) is 10.8. The van der Waals surface area contributed by atoms with Crippen LogP contribution in [0.1, 0.15) is 6.42 Å². The van der Waals surface area contributed by atoms with Gasteiger partial charge in [0, 0.05) is 30.7 Å². The van der Waals surface area contributed by atoms with Crippen molar-refractivity contribution in [1.29, 1.82) is 0 Å². The van der Waals surface area contributed by atoms with Crippen molar-refractivity contribution in [3.63, 3.8) is 0 Å². The SMILES string of the molecule is FC(F)(F)CN1CCCN(CCOc2cc(Cl)ccc2Cl)CC1. The quantitative estimate of drug-likeness (QED) is 0.780. The molecule has 1 fully saturated rings. The summed E-state index contributed by atoms with van der Waals surface area (Å²) < 4.78 is 42.9. The van der Waals surface area contributed by atoms with E-state index in [0.717, 1.165) is 6.54 Å². The minimum absolute atomic E-state index is 0.414. The Hall–Kier alpha value is -0.690. The fourth-order valence-electron chi connectivity index (χ4n) is 2.53. The van der Waals surface area contributed by atoms with Crippen molar-refractivity contribution in [2.24, 2.45) is 0 Å². The van der Waals surface area contributed by atoms with Crippen LogP contribution < -0.4 is 4.74 Å². The second-order valence-electron chi connectivity index (χ2n) is 5.51. The lowest BCUT2D eigenvalue weighted by Gasteiger charge is -2.22. The summed E-state index contributed by atoms with van der Waals surface area (Å²) in [6, 6.07) is 5.00. The highest BCUT2D eigenvalue weighted by atomic mass is 35.5. The molecule has 1 aliphatic heterocycles. The first kappa shape index (κ1) is 18.6. The van der Waals surface area contributed by atoms with Gasteiger partial charge >= 0.3 is 6.18 Å². The number of nitrogens with zero attached hydrogens (tertiary/aromatic N) is 2. The standard InChI is InChI=1S/C15H19Cl2F3N2O/c16-12-2-3-13(17)14(10-12)23-9-8-21-4-1-5-22(7-6-21)11-15(18,19)20/h2-3,10H,1,4-9,11H2. The monoisotopic (exact) mass is 370 g/mol. The predicted octanol–water partition coefficient (Wildman–Crippen LogP) is 3.94. The molecule has 1 aliphatic rings. The van der Waals surface area contributed by atoms with E-state index in [1.54, 1.807) is 18.2 Å². The molecule has 130 valence electrons. The lowest BCUT2D eigenvalue weighted by atomic mass is 10.3. The average Bonchev–Trinajstić information content (AvgIpc) is 2.66. The number of rotatable bonds is 5.